The van der Waals surface area contributed by atoms with Gasteiger partial charge in [0.05, 0.1) is 6.10 Å². The molecule has 0 aromatic carbocycles. The predicted octanol–water partition coefficient (Wildman–Crippen LogP) is 1.31. The molecule has 0 aliphatic carbocycles. The van der Waals surface area contributed by atoms with Gasteiger partial charge in [-0.1, -0.05) is 13.8 Å². The van der Waals surface area contributed by atoms with E-state index in [2.05, 4.69) is 5.32 Å². The Bertz CT molecular complexity index is 320. The molecule has 6 heteroatoms. The lowest BCUT2D eigenvalue weighted by molar-refractivity contribution is -0.139. The summed E-state index contributed by atoms with van der Waals surface area (Å²) in [6, 6.07) is -1.14. The normalized spacial score (nSPS) is 21.9. The standard InChI is InChI=1S/C13H24N2O4/c1-9(2)7-11(12(16)17)14-13(18)15-5-4-6-19-10(3)8-15/h9-11H,4-8H2,1-3H3,(H,14,18)(H,16,17)/t10?,11-/m0/s1. The van der Waals surface area contributed by atoms with E-state index >= 15 is 0 Å². The second kappa shape index (κ2) is 7.33. The number of ether oxygens (including phenoxy) is 1. The van der Waals surface area contributed by atoms with E-state index in [1.807, 2.05) is 20.8 Å². The smallest absolute Gasteiger partial charge is 0.326 e. The third-order valence-electron chi connectivity index (χ3n) is 3.04. The molecule has 19 heavy (non-hydrogen) atoms. The Morgan fingerprint density at radius 3 is 2.74 bits per heavy atom. The Labute approximate surface area is 114 Å². The van der Waals surface area contributed by atoms with E-state index in [0.29, 0.717) is 26.1 Å². The van der Waals surface area contributed by atoms with Gasteiger partial charge in [-0.25, -0.2) is 9.59 Å². The van der Waals surface area contributed by atoms with E-state index in [0.717, 1.165) is 6.42 Å². The van der Waals surface area contributed by atoms with Crippen molar-refractivity contribution in [2.75, 3.05) is 19.7 Å². The van der Waals surface area contributed by atoms with Crippen molar-refractivity contribution in [3.05, 3.63) is 0 Å². The highest BCUT2D eigenvalue weighted by Gasteiger charge is 2.25. The molecule has 1 unspecified atom stereocenters. The van der Waals surface area contributed by atoms with Gasteiger partial charge in [-0.15, -0.1) is 0 Å². The highest BCUT2D eigenvalue weighted by Crippen LogP contribution is 2.08. The van der Waals surface area contributed by atoms with Crippen LogP contribution in [0.1, 0.15) is 33.6 Å². The molecule has 6 nitrogen and oxygen atoms in total. The van der Waals surface area contributed by atoms with E-state index < -0.39 is 12.0 Å². The SMILES string of the molecule is CC(C)C[C@H](NC(=O)N1CCCOC(C)C1)C(=O)O. The summed E-state index contributed by atoms with van der Waals surface area (Å²) in [5.41, 5.74) is 0. The molecule has 1 aliphatic heterocycles. The molecule has 110 valence electrons. The van der Waals surface area contributed by atoms with E-state index in [1.54, 1.807) is 4.90 Å². The van der Waals surface area contributed by atoms with Crippen molar-refractivity contribution in [3.8, 4) is 0 Å². The van der Waals surface area contributed by atoms with Crippen molar-refractivity contribution in [2.24, 2.45) is 5.92 Å². The molecule has 0 aromatic rings. The molecule has 2 atom stereocenters. The van der Waals surface area contributed by atoms with E-state index in [4.69, 9.17) is 9.84 Å². The summed E-state index contributed by atoms with van der Waals surface area (Å²) in [6.07, 6.45) is 1.20. The van der Waals surface area contributed by atoms with Gasteiger partial charge in [0.1, 0.15) is 6.04 Å². The third-order valence-corrected chi connectivity index (χ3v) is 3.04. The summed E-state index contributed by atoms with van der Waals surface area (Å²) in [5, 5.41) is 11.7. The molecule has 0 radical (unpaired) electrons. The maximum atomic E-state index is 12.1. The summed E-state index contributed by atoms with van der Waals surface area (Å²) < 4.78 is 5.46. The monoisotopic (exact) mass is 272 g/mol. The van der Waals surface area contributed by atoms with Gasteiger partial charge in [0.15, 0.2) is 0 Å². The zero-order valence-corrected chi connectivity index (χ0v) is 11.9. The van der Waals surface area contributed by atoms with Crippen LogP contribution in [0, 0.1) is 5.92 Å². The average molecular weight is 272 g/mol. The summed E-state index contributed by atoms with van der Waals surface area (Å²) in [4.78, 5) is 24.8. The number of aliphatic carboxylic acids is 1. The zero-order valence-electron chi connectivity index (χ0n) is 11.9. The van der Waals surface area contributed by atoms with Gasteiger partial charge >= 0.3 is 12.0 Å². The molecular weight excluding hydrogens is 248 g/mol. The number of hydrogen-bond donors (Lipinski definition) is 2. The van der Waals surface area contributed by atoms with Crippen LogP contribution in [-0.4, -0.2) is 53.8 Å². The first-order valence-corrected chi connectivity index (χ1v) is 6.80. The number of hydrogen-bond acceptors (Lipinski definition) is 3. The number of carbonyl (C=O) groups is 2. The molecule has 0 saturated carbocycles. The number of carboxylic acid groups (broad SMARTS) is 1. The van der Waals surface area contributed by atoms with Crippen molar-refractivity contribution in [3.63, 3.8) is 0 Å². The second-order valence-electron chi connectivity index (χ2n) is 5.45. The lowest BCUT2D eigenvalue weighted by Gasteiger charge is -2.25. The lowest BCUT2D eigenvalue weighted by Crippen LogP contribution is -2.49. The minimum Gasteiger partial charge on any atom is -0.480 e. The first-order chi connectivity index (χ1) is 8.90. The van der Waals surface area contributed by atoms with Crippen LogP contribution >= 0.6 is 0 Å². The number of urea groups is 1. The fraction of sp³-hybridized carbons (Fsp3) is 0.846. The Hall–Kier alpha value is -1.30. The summed E-state index contributed by atoms with van der Waals surface area (Å²) in [7, 11) is 0. The summed E-state index contributed by atoms with van der Waals surface area (Å²) in [6.45, 7) is 7.52. The fourth-order valence-corrected chi connectivity index (χ4v) is 2.11. The Morgan fingerprint density at radius 2 is 2.16 bits per heavy atom. The molecule has 1 saturated heterocycles. The number of rotatable bonds is 4. The zero-order chi connectivity index (χ0) is 14.4. The average Bonchev–Trinajstić information content (AvgIpc) is 2.52. The molecule has 2 N–H and O–H groups in total. The third kappa shape index (κ3) is 5.46. The lowest BCUT2D eigenvalue weighted by atomic mass is 10.0. The highest BCUT2D eigenvalue weighted by atomic mass is 16.5. The van der Waals surface area contributed by atoms with Crippen LogP contribution in [0.3, 0.4) is 0 Å². The topological polar surface area (TPSA) is 78.9 Å². The van der Waals surface area contributed by atoms with Crippen molar-refractivity contribution >= 4 is 12.0 Å². The Morgan fingerprint density at radius 1 is 1.47 bits per heavy atom. The molecule has 0 spiro atoms. The molecule has 0 aromatic heterocycles. The molecule has 1 fully saturated rings. The van der Waals surface area contributed by atoms with Gasteiger partial charge < -0.3 is 20.1 Å². The second-order valence-corrected chi connectivity index (χ2v) is 5.45. The van der Waals surface area contributed by atoms with Crippen LogP contribution in [-0.2, 0) is 9.53 Å². The maximum absolute atomic E-state index is 12.1. The minimum atomic E-state index is -0.985. The van der Waals surface area contributed by atoms with Gasteiger partial charge in [0.25, 0.3) is 0 Å². The van der Waals surface area contributed by atoms with Gasteiger partial charge in [-0.2, -0.15) is 0 Å². The first kappa shape index (κ1) is 15.8. The molecule has 1 aliphatic rings. The van der Waals surface area contributed by atoms with Crippen LogP contribution < -0.4 is 5.32 Å². The van der Waals surface area contributed by atoms with Crippen LogP contribution in [0.5, 0.6) is 0 Å². The van der Waals surface area contributed by atoms with E-state index in [9.17, 15) is 9.59 Å². The summed E-state index contributed by atoms with van der Waals surface area (Å²) >= 11 is 0. The fourth-order valence-electron chi connectivity index (χ4n) is 2.11. The van der Waals surface area contributed by atoms with E-state index in [1.165, 1.54) is 0 Å². The first-order valence-electron chi connectivity index (χ1n) is 6.80. The molecule has 2 amide bonds. The quantitative estimate of drug-likeness (QED) is 0.808. The Kier molecular flexibility index (Phi) is 6.08. The van der Waals surface area contributed by atoms with Gasteiger partial charge in [0.2, 0.25) is 0 Å². The molecule has 1 rings (SSSR count). The predicted molar refractivity (Wildman–Crippen MR) is 71.0 cm³/mol. The van der Waals surface area contributed by atoms with Crippen LogP contribution in [0.15, 0.2) is 0 Å². The highest BCUT2D eigenvalue weighted by molar-refractivity contribution is 5.82. The van der Waals surface area contributed by atoms with Gasteiger partial charge in [-0.05, 0) is 25.7 Å². The molecule has 0 bridgehead atoms. The minimum absolute atomic E-state index is 0.0124. The van der Waals surface area contributed by atoms with E-state index in [-0.39, 0.29) is 18.1 Å². The van der Waals surface area contributed by atoms with Gasteiger partial charge in [0, 0.05) is 19.7 Å². The largest absolute Gasteiger partial charge is 0.480 e. The number of amides is 2. The summed E-state index contributed by atoms with van der Waals surface area (Å²) in [5.74, 6) is -0.769. The molecule has 1 heterocycles. The van der Waals surface area contributed by atoms with Crippen LogP contribution in [0.4, 0.5) is 4.79 Å². The van der Waals surface area contributed by atoms with Crippen LogP contribution in [0.2, 0.25) is 0 Å². The molecular formula is C13H24N2O4. The maximum Gasteiger partial charge on any atom is 0.326 e. The van der Waals surface area contributed by atoms with Gasteiger partial charge in [-0.3, -0.25) is 0 Å². The van der Waals surface area contributed by atoms with Crippen molar-refractivity contribution in [2.45, 2.75) is 45.8 Å². The Balaban J connectivity index is 2.57. The van der Waals surface area contributed by atoms with Crippen molar-refractivity contribution in [1.82, 2.24) is 10.2 Å². The van der Waals surface area contributed by atoms with Crippen molar-refractivity contribution in [1.29, 1.82) is 0 Å². The number of carbonyl (C=O) groups excluding carboxylic acids is 1. The van der Waals surface area contributed by atoms with Crippen molar-refractivity contribution < 1.29 is 19.4 Å². The number of nitrogens with zero attached hydrogens (tertiary/aromatic N) is 1. The van der Waals surface area contributed by atoms with Crippen LogP contribution in [0.25, 0.3) is 0 Å². The number of carboxylic acids is 1. The number of nitrogens with one attached hydrogen (secondary N) is 1.